The van der Waals surface area contributed by atoms with Crippen molar-refractivity contribution in [3.63, 3.8) is 0 Å². The van der Waals surface area contributed by atoms with Crippen LogP contribution < -0.4 is 10.6 Å². The van der Waals surface area contributed by atoms with Gasteiger partial charge in [0.25, 0.3) is 0 Å². The number of benzene rings is 2. The van der Waals surface area contributed by atoms with Gasteiger partial charge in [-0.1, -0.05) is 62.4 Å². The Hall–Kier alpha value is -2.62. The molecule has 0 saturated heterocycles. The smallest absolute Gasteiger partial charge is 0.207 e. The standard InChI is InChI=1S/C21H26N2O2/c1-21(2,19-7-3-17(4-8-19)11-13-22-15-24)20-9-5-18(6-10-20)12-14-23-16-25/h3-10,15-16H,11-14H2,1-2H3,(H,22,24)(H,23,25). The van der Waals surface area contributed by atoms with E-state index >= 15 is 0 Å². The zero-order valence-electron chi connectivity index (χ0n) is 14.9. The Morgan fingerprint density at radius 1 is 0.720 bits per heavy atom. The minimum absolute atomic E-state index is 0.0842. The first-order valence-electron chi connectivity index (χ1n) is 8.61. The number of hydrogen-bond donors (Lipinski definition) is 2. The van der Waals surface area contributed by atoms with E-state index in [0.717, 1.165) is 25.7 Å². The SMILES string of the molecule is CC(C)(c1ccc(CCNC=O)cc1)c1ccc(CCNC=O)cc1. The summed E-state index contributed by atoms with van der Waals surface area (Å²) in [5, 5.41) is 5.37. The third kappa shape index (κ3) is 5.18. The van der Waals surface area contributed by atoms with Crippen LogP contribution in [0.4, 0.5) is 0 Å². The van der Waals surface area contributed by atoms with Crippen molar-refractivity contribution in [2.45, 2.75) is 32.1 Å². The second-order valence-electron chi connectivity index (χ2n) is 6.66. The highest BCUT2D eigenvalue weighted by atomic mass is 16.1. The maximum absolute atomic E-state index is 10.3. The summed E-state index contributed by atoms with van der Waals surface area (Å²) in [6, 6.07) is 17.2. The van der Waals surface area contributed by atoms with Crippen LogP contribution in [0.5, 0.6) is 0 Å². The van der Waals surface area contributed by atoms with Crippen molar-refractivity contribution in [3.05, 3.63) is 70.8 Å². The lowest BCUT2D eigenvalue weighted by atomic mass is 9.77. The van der Waals surface area contributed by atoms with E-state index < -0.39 is 0 Å². The normalized spacial score (nSPS) is 11.0. The highest BCUT2D eigenvalue weighted by molar-refractivity contribution is 5.46. The molecule has 0 aliphatic rings. The molecule has 2 aromatic carbocycles. The molecule has 0 unspecified atom stereocenters. The second kappa shape index (κ2) is 9.02. The van der Waals surface area contributed by atoms with Crippen molar-refractivity contribution in [2.24, 2.45) is 0 Å². The van der Waals surface area contributed by atoms with Crippen LogP contribution in [0.2, 0.25) is 0 Å². The average molecular weight is 338 g/mol. The van der Waals surface area contributed by atoms with Crippen LogP contribution in [0, 0.1) is 0 Å². The minimum Gasteiger partial charge on any atom is -0.358 e. The van der Waals surface area contributed by atoms with Crippen LogP contribution in [0.1, 0.15) is 36.1 Å². The van der Waals surface area contributed by atoms with E-state index in [1.54, 1.807) is 0 Å². The molecular formula is C21H26N2O2. The van der Waals surface area contributed by atoms with Crippen molar-refractivity contribution in [2.75, 3.05) is 13.1 Å². The lowest BCUT2D eigenvalue weighted by Crippen LogP contribution is -2.19. The van der Waals surface area contributed by atoms with Crippen molar-refractivity contribution >= 4 is 12.8 Å². The molecule has 2 rings (SSSR count). The summed E-state index contributed by atoms with van der Waals surface area (Å²) in [5.41, 5.74) is 4.86. The topological polar surface area (TPSA) is 58.2 Å². The van der Waals surface area contributed by atoms with Gasteiger partial charge in [-0.05, 0) is 35.1 Å². The monoisotopic (exact) mass is 338 g/mol. The van der Waals surface area contributed by atoms with Gasteiger partial charge in [-0.25, -0.2) is 0 Å². The average Bonchev–Trinajstić information content (AvgIpc) is 2.63. The number of carbonyl (C=O) groups excluding carboxylic acids is 2. The Balaban J connectivity index is 2.06. The number of amides is 2. The van der Waals surface area contributed by atoms with Gasteiger partial charge in [0.1, 0.15) is 0 Å². The number of nitrogens with one attached hydrogen (secondary N) is 2. The molecule has 0 aliphatic carbocycles. The molecule has 25 heavy (non-hydrogen) atoms. The maximum atomic E-state index is 10.3. The van der Waals surface area contributed by atoms with Gasteiger partial charge < -0.3 is 10.6 Å². The van der Waals surface area contributed by atoms with Gasteiger partial charge in [0.15, 0.2) is 0 Å². The first kappa shape index (κ1) is 18.7. The van der Waals surface area contributed by atoms with E-state index in [9.17, 15) is 9.59 Å². The lowest BCUT2D eigenvalue weighted by Gasteiger charge is -2.26. The van der Waals surface area contributed by atoms with Crippen molar-refractivity contribution in [3.8, 4) is 0 Å². The van der Waals surface area contributed by atoms with Gasteiger partial charge >= 0.3 is 0 Å². The first-order valence-corrected chi connectivity index (χ1v) is 8.61. The van der Waals surface area contributed by atoms with E-state index in [1.165, 1.54) is 22.3 Å². The molecule has 0 aromatic heterocycles. The van der Waals surface area contributed by atoms with Crippen LogP contribution in [0.15, 0.2) is 48.5 Å². The van der Waals surface area contributed by atoms with Crippen molar-refractivity contribution in [1.82, 2.24) is 10.6 Å². The first-order chi connectivity index (χ1) is 12.1. The van der Waals surface area contributed by atoms with E-state index in [-0.39, 0.29) is 5.41 Å². The Morgan fingerprint density at radius 3 is 1.40 bits per heavy atom. The second-order valence-corrected chi connectivity index (χ2v) is 6.66. The van der Waals surface area contributed by atoms with Gasteiger partial charge in [-0.3, -0.25) is 9.59 Å². The molecule has 132 valence electrons. The van der Waals surface area contributed by atoms with Crippen molar-refractivity contribution < 1.29 is 9.59 Å². The summed E-state index contributed by atoms with van der Waals surface area (Å²) in [6.07, 6.45) is 3.14. The van der Waals surface area contributed by atoms with E-state index in [2.05, 4.69) is 73.0 Å². The quantitative estimate of drug-likeness (QED) is 0.517. The van der Waals surface area contributed by atoms with Gasteiger partial charge in [-0.2, -0.15) is 0 Å². The predicted molar refractivity (Wildman–Crippen MR) is 101 cm³/mol. The molecule has 4 heteroatoms. The molecular weight excluding hydrogens is 312 g/mol. The molecule has 2 aromatic rings. The number of hydrogen-bond acceptors (Lipinski definition) is 2. The maximum Gasteiger partial charge on any atom is 0.207 e. The van der Waals surface area contributed by atoms with E-state index in [4.69, 9.17) is 0 Å². The Bertz CT molecular complexity index is 617. The van der Waals surface area contributed by atoms with Crippen LogP contribution in [-0.4, -0.2) is 25.9 Å². The number of rotatable bonds is 10. The third-order valence-electron chi connectivity index (χ3n) is 4.63. The zero-order valence-corrected chi connectivity index (χ0v) is 14.9. The summed E-state index contributed by atoms with van der Waals surface area (Å²) in [6.45, 7) is 5.76. The minimum atomic E-state index is -0.0842. The lowest BCUT2D eigenvalue weighted by molar-refractivity contribution is -0.110. The summed E-state index contributed by atoms with van der Waals surface area (Å²) in [4.78, 5) is 20.6. The molecule has 0 bridgehead atoms. The molecule has 0 saturated carbocycles. The third-order valence-corrected chi connectivity index (χ3v) is 4.63. The molecule has 0 heterocycles. The van der Waals surface area contributed by atoms with Gasteiger partial charge in [0.05, 0.1) is 0 Å². The summed E-state index contributed by atoms with van der Waals surface area (Å²) < 4.78 is 0. The Morgan fingerprint density at radius 2 is 1.08 bits per heavy atom. The molecule has 0 radical (unpaired) electrons. The summed E-state index contributed by atoms with van der Waals surface area (Å²) in [7, 11) is 0. The highest BCUT2D eigenvalue weighted by Gasteiger charge is 2.22. The van der Waals surface area contributed by atoms with Crippen LogP contribution >= 0.6 is 0 Å². The zero-order chi connectivity index (χ0) is 18.1. The molecule has 0 aliphatic heterocycles. The highest BCUT2D eigenvalue weighted by Crippen LogP contribution is 2.31. The molecule has 2 N–H and O–H groups in total. The van der Waals surface area contributed by atoms with Gasteiger partial charge in [0, 0.05) is 18.5 Å². The predicted octanol–water partition coefficient (Wildman–Crippen LogP) is 2.59. The van der Waals surface area contributed by atoms with Gasteiger partial charge in [0.2, 0.25) is 12.8 Å². The van der Waals surface area contributed by atoms with Crippen LogP contribution in [-0.2, 0) is 27.8 Å². The molecule has 0 fully saturated rings. The fourth-order valence-electron chi connectivity index (χ4n) is 2.89. The van der Waals surface area contributed by atoms with Gasteiger partial charge in [-0.15, -0.1) is 0 Å². The molecule has 0 atom stereocenters. The fourth-order valence-corrected chi connectivity index (χ4v) is 2.89. The molecule has 4 nitrogen and oxygen atoms in total. The van der Waals surface area contributed by atoms with Crippen LogP contribution in [0.3, 0.4) is 0 Å². The van der Waals surface area contributed by atoms with Crippen molar-refractivity contribution in [1.29, 1.82) is 0 Å². The Kier molecular flexibility index (Phi) is 6.75. The van der Waals surface area contributed by atoms with E-state index in [0.29, 0.717) is 13.1 Å². The number of carbonyl (C=O) groups is 2. The Labute approximate surface area is 149 Å². The summed E-state index contributed by atoms with van der Waals surface area (Å²) >= 11 is 0. The van der Waals surface area contributed by atoms with E-state index in [1.807, 2.05) is 0 Å². The van der Waals surface area contributed by atoms with Crippen LogP contribution in [0.25, 0.3) is 0 Å². The summed E-state index contributed by atoms with van der Waals surface area (Å²) in [5.74, 6) is 0. The molecule has 0 spiro atoms. The molecule has 2 amide bonds. The fraction of sp³-hybridized carbons (Fsp3) is 0.333. The largest absolute Gasteiger partial charge is 0.358 e.